The first kappa shape index (κ1) is 15.6. The van der Waals surface area contributed by atoms with Crippen LogP contribution in [0.25, 0.3) is 0 Å². The lowest BCUT2D eigenvalue weighted by Gasteiger charge is -2.07. The molecule has 1 heterocycles. The fraction of sp³-hybridized carbons (Fsp3) is 0.294. The first-order valence-corrected chi connectivity index (χ1v) is 7.90. The van der Waals surface area contributed by atoms with Gasteiger partial charge in [-0.1, -0.05) is 6.92 Å². The zero-order valence-electron chi connectivity index (χ0n) is 13.1. The van der Waals surface area contributed by atoms with E-state index in [0.29, 0.717) is 11.0 Å². The van der Waals surface area contributed by atoms with Crippen LogP contribution in [0.4, 0.5) is 5.69 Å². The molecule has 6 heteroatoms. The normalized spacial score (nSPS) is 19.6. The molecule has 2 N–H and O–H groups in total. The predicted octanol–water partition coefficient (Wildman–Crippen LogP) is 3.73. The summed E-state index contributed by atoms with van der Waals surface area (Å²) in [4.78, 5) is 0. The van der Waals surface area contributed by atoms with Gasteiger partial charge in [0.15, 0.2) is 5.11 Å². The number of rotatable bonds is 5. The highest BCUT2D eigenvalue weighted by Crippen LogP contribution is 2.47. The molecule has 120 valence electrons. The fourth-order valence-electron chi connectivity index (χ4n) is 2.34. The van der Waals surface area contributed by atoms with Gasteiger partial charge in [0.05, 0.1) is 13.3 Å². The maximum Gasteiger partial charge on any atom is 0.191 e. The van der Waals surface area contributed by atoms with E-state index >= 15 is 0 Å². The second-order valence-corrected chi connectivity index (χ2v) is 6.02. The summed E-state index contributed by atoms with van der Waals surface area (Å²) in [6.45, 7) is 2.23. The Morgan fingerprint density at radius 2 is 2.04 bits per heavy atom. The number of methoxy groups -OCH3 is 1. The largest absolute Gasteiger partial charge is 0.497 e. The van der Waals surface area contributed by atoms with Crippen LogP contribution >= 0.6 is 12.2 Å². The molecule has 0 unspecified atom stereocenters. The second-order valence-electron chi connectivity index (χ2n) is 5.61. The average molecular weight is 329 g/mol. The van der Waals surface area contributed by atoms with Crippen LogP contribution in [0.2, 0.25) is 0 Å². The third-order valence-corrected chi connectivity index (χ3v) is 4.02. The van der Waals surface area contributed by atoms with Crippen LogP contribution in [0.3, 0.4) is 0 Å². The quantitative estimate of drug-likeness (QED) is 0.497. The minimum absolute atomic E-state index is 0.411. The summed E-state index contributed by atoms with van der Waals surface area (Å²) in [7, 11) is 1.63. The number of furan rings is 1. The van der Waals surface area contributed by atoms with Gasteiger partial charge < -0.3 is 14.5 Å². The van der Waals surface area contributed by atoms with Crippen molar-refractivity contribution in [3.05, 3.63) is 47.9 Å². The van der Waals surface area contributed by atoms with E-state index in [0.717, 1.165) is 28.9 Å². The number of hydrazone groups is 1. The summed E-state index contributed by atoms with van der Waals surface area (Å²) < 4.78 is 10.8. The number of hydrogen-bond donors (Lipinski definition) is 2. The molecule has 0 amide bonds. The molecule has 1 aliphatic rings. The number of thiocarbonyl (C=S) groups is 1. The number of nitrogens with one attached hydrogen (secondary N) is 2. The van der Waals surface area contributed by atoms with Gasteiger partial charge in [0.1, 0.15) is 17.3 Å². The van der Waals surface area contributed by atoms with Crippen LogP contribution < -0.4 is 15.5 Å². The van der Waals surface area contributed by atoms with Crippen molar-refractivity contribution in [3.8, 4) is 5.75 Å². The van der Waals surface area contributed by atoms with Crippen molar-refractivity contribution < 1.29 is 9.15 Å². The Morgan fingerprint density at radius 1 is 1.30 bits per heavy atom. The smallest absolute Gasteiger partial charge is 0.191 e. The average Bonchev–Trinajstić information content (AvgIpc) is 3.09. The lowest BCUT2D eigenvalue weighted by molar-refractivity contribution is 0.415. The molecule has 1 saturated carbocycles. The van der Waals surface area contributed by atoms with Crippen molar-refractivity contribution in [1.29, 1.82) is 0 Å². The van der Waals surface area contributed by atoms with Crippen molar-refractivity contribution in [2.24, 2.45) is 11.0 Å². The molecule has 1 aromatic heterocycles. The van der Waals surface area contributed by atoms with E-state index in [1.54, 1.807) is 13.3 Å². The predicted molar refractivity (Wildman–Crippen MR) is 95.2 cm³/mol. The summed E-state index contributed by atoms with van der Waals surface area (Å²) in [6, 6.07) is 11.4. The summed E-state index contributed by atoms with van der Waals surface area (Å²) in [5, 5.41) is 7.54. The maximum absolute atomic E-state index is 5.74. The van der Waals surface area contributed by atoms with Crippen LogP contribution in [-0.2, 0) is 0 Å². The Balaban J connectivity index is 1.48. The Bertz CT molecular complexity index is 709. The van der Waals surface area contributed by atoms with E-state index in [4.69, 9.17) is 21.4 Å². The van der Waals surface area contributed by atoms with E-state index < -0.39 is 0 Å². The number of ether oxygens (including phenoxy) is 1. The standard InChI is InChI=1S/C17H19N3O2S/c1-11-9-15(11)16-8-7-14(22-16)10-18-20-17(23)19-12-3-5-13(21-2)6-4-12/h3-8,10-11,15H,9H2,1-2H3,(H2,19,20,23)/b18-10-/t11-,15-/m1/s1. The zero-order valence-corrected chi connectivity index (χ0v) is 13.9. The van der Waals surface area contributed by atoms with Gasteiger partial charge in [-0.25, -0.2) is 0 Å². The molecule has 0 radical (unpaired) electrons. The number of hydrogen-bond acceptors (Lipinski definition) is 4. The SMILES string of the molecule is COc1ccc(NC(=S)N/N=C\c2ccc([C@@H]3C[C@H]3C)o2)cc1. The summed E-state index contributed by atoms with van der Waals surface area (Å²) >= 11 is 5.19. The van der Waals surface area contributed by atoms with Crippen LogP contribution in [-0.4, -0.2) is 18.4 Å². The van der Waals surface area contributed by atoms with E-state index in [9.17, 15) is 0 Å². The third kappa shape index (κ3) is 4.10. The Labute approximate surface area is 140 Å². The summed E-state index contributed by atoms with van der Waals surface area (Å²) in [5.74, 6) is 3.86. The summed E-state index contributed by atoms with van der Waals surface area (Å²) in [5.41, 5.74) is 3.63. The van der Waals surface area contributed by atoms with Gasteiger partial charge in [-0.3, -0.25) is 5.43 Å². The van der Waals surface area contributed by atoms with Crippen LogP contribution in [0, 0.1) is 5.92 Å². The second kappa shape index (κ2) is 6.83. The van der Waals surface area contributed by atoms with Gasteiger partial charge in [-0.2, -0.15) is 5.10 Å². The van der Waals surface area contributed by atoms with Crippen molar-refractivity contribution >= 4 is 29.2 Å². The van der Waals surface area contributed by atoms with Crippen LogP contribution in [0.5, 0.6) is 5.75 Å². The minimum Gasteiger partial charge on any atom is -0.497 e. The highest BCUT2D eigenvalue weighted by atomic mass is 32.1. The zero-order chi connectivity index (χ0) is 16.2. The molecule has 3 rings (SSSR count). The number of nitrogens with zero attached hydrogens (tertiary/aromatic N) is 1. The molecule has 2 atom stereocenters. The molecule has 1 aromatic carbocycles. The van der Waals surface area contributed by atoms with Gasteiger partial charge in [0.25, 0.3) is 0 Å². The minimum atomic E-state index is 0.411. The topological polar surface area (TPSA) is 58.8 Å². The maximum atomic E-state index is 5.74. The molecule has 1 aliphatic carbocycles. The Hall–Kier alpha value is -2.34. The van der Waals surface area contributed by atoms with Gasteiger partial charge in [0.2, 0.25) is 0 Å². The van der Waals surface area contributed by atoms with Crippen molar-refractivity contribution in [2.45, 2.75) is 19.3 Å². The van der Waals surface area contributed by atoms with Gasteiger partial charge in [-0.15, -0.1) is 0 Å². The van der Waals surface area contributed by atoms with Gasteiger partial charge >= 0.3 is 0 Å². The Kier molecular flexibility index (Phi) is 4.62. The molecule has 2 aromatic rings. The van der Waals surface area contributed by atoms with E-state index in [1.807, 2.05) is 36.4 Å². The van der Waals surface area contributed by atoms with Crippen LogP contribution in [0.15, 0.2) is 45.9 Å². The van der Waals surface area contributed by atoms with Gasteiger partial charge in [0, 0.05) is 11.6 Å². The fourth-order valence-corrected chi connectivity index (χ4v) is 2.51. The molecule has 23 heavy (non-hydrogen) atoms. The van der Waals surface area contributed by atoms with Crippen molar-refractivity contribution in [1.82, 2.24) is 5.43 Å². The molecule has 5 nitrogen and oxygen atoms in total. The first-order chi connectivity index (χ1) is 11.2. The first-order valence-electron chi connectivity index (χ1n) is 7.49. The molecule has 1 fully saturated rings. The molecule has 0 spiro atoms. The molecule has 0 saturated heterocycles. The third-order valence-electron chi connectivity index (χ3n) is 3.83. The lowest BCUT2D eigenvalue weighted by atomic mass is 10.3. The van der Waals surface area contributed by atoms with E-state index in [2.05, 4.69) is 22.8 Å². The van der Waals surface area contributed by atoms with E-state index in [1.165, 1.54) is 6.42 Å². The highest BCUT2D eigenvalue weighted by molar-refractivity contribution is 7.80. The van der Waals surface area contributed by atoms with Crippen molar-refractivity contribution in [3.63, 3.8) is 0 Å². The molecular formula is C17H19N3O2S. The van der Waals surface area contributed by atoms with Crippen LogP contribution in [0.1, 0.15) is 30.8 Å². The van der Waals surface area contributed by atoms with Crippen molar-refractivity contribution in [2.75, 3.05) is 12.4 Å². The molecular weight excluding hydrogens is 310 g/mol. The lowest BCUT2D eigenvalue weighted by Crippen LogP contribution is -2.23. The van der Waals surface area contributed by atoms with Gasteiger partial charge in [-0.05, 0) is 61.0 Å². The number of benzene rings is 1. The Morgan fingerprint density at radius 3 is 2.70 bits per heavy atom. The molecule has 0 aliphatic heterocycles. The van der Waals surface area contributed by atoms with E-state index in [-0.39, 0.29) is 0 Å². The number of anilines is 1. The highest BCUT2D eigenvalue weighted by Gasteiger charge is 2.36. The molecule has 0 bridgehead atoms. The monoisotopic (exact) mass is 329 g/mol. The summed E-state index contributed by atoms with van der Waals surface area (Å²) in [6.07, 6.45) is 2.83.